The Morgan fingerprint density at radius 3 is 2.64 bits per heavy atom. The second-order valence-electron chi connectivity index (χ2n) is 6.06. The van der Waals surface area contributed by atoms with Gasteiger partial charge in [-0.2, -0.15) is 0 Å². The van der Waals surface area contributed by atoms with E-state index in [9.17, 15) is 34.8 Å². The lowest BCUT2D eigenvalue weighted by molar-refractivity contribution is -0.230. The first-order valence-electron chi connectivity index (χ1n) is 7.35. The lowest BCUT2D eigenvalue weighted by atomic mass is 9.84. The van der Waals surface area contributed by atoms with Crippen LogP contribution < -0.4 is 10.6 Å². The zero-order chi connectivity index (χ0) is 19.0. The average molecular weight is 360 g/mol. The molecule has 2 amide bonds. The minimum absolute atomic E-state index is 0.158. The van der Waals surface area contributed by atoms with E-state index in [4.69, 9.17) is 4.74 Å². The summed E-state index contributed by atoms with van der Waals surface area (Å²) in [4.78, 5) is 36.3. The van der Waals surface area contributed by atoms with Crippen LogP contribution in [0.2, 0.25) is 0 Å². The molecule has 4 atom stereocenters. The lowest BCUT2D eigenvalue weighted by Gasteiger charge is -2.49. The molecule has 3 rings (SSSR count). The summed E-state index contributed by atoms with van der Waals surface area (Å²) in [5.41, 5.74) is -7.35. The highest BCUT2D eigenvalue weighted by atomic mass is 16.5. The van der Waals surface area contributed by atoms with E-state index in [2.05, 4.69) is 4.74 Å². The normalized spacial score (nSPS) is 34.4. The number of carbonyl (C=O) groups is 3. The van der Waals surface area contributed by atoms with E-state index in [-0.39, 0.29) is 18.6 Å². The molecule has 0 spiro atoms. The van der Waals surface area contributed by atoms with Crippen molar-refractivity contribution in [1.29, 1.82) is 0 Å². The van der Waals surface area contributed by atoms with Gasteiger partial charge in [0.15, 0.2) is 0 Å². The van der Waals surface area contributed by atoms with Gasteiger partial charge in [0.1, 0.15) is 11.7 Å². The van der Waals surface area contributed by atoms with Crippen LogP contribution in [0.4, 0.5) is 0 Å². The van der Waals surface area contributed by atoms with Crippen LogP contribution in [0.3, 0.4) is 0 Å². The number of nitrogens with one attached hydrogen (secondary N) is 2. The van der Waals surface area contributed by atoms with Crippen molar-refractivity contribution in [3.63, 3.8) is 0 Å². The number of rotatable bonds is 4. The predicted octanol–water partition coefficient (Wildman–Crippen LogP) is -3.76. The molecule has 0 aromatic heterocycles. The van der Waals surface area contributed by atoms with Gasteiger partial charge in [0.05, 0.1) is 20.3 Å². The number of ether oxygens (including phenoxy) is 2. The number of hydrogen-bond donors (Lipinski definition) is 6. The standard InChI is InChI=1S/C14H20N2O9/c1-12(22,6-17)9(19)14-11(21)15-13(23,10(20)16-14)7(3-4-25-14)5-8(18)24-2/h5,9,17,19,22-23H,3-4,6H2,1-2H3,(H,15,21)(H,16,20)/t9-,12-,13+,14-/m0/s1. The Balaban J connectivity index is 2.47. The van der Waals surface area contributed by atoms with Crippen molar-refractivity contribution in [2.45, 2.75) is 36.5 Å². The van der Waals surface area contributed by atoms with Crippen molar-refractivity contribution in [2.75, 3.05) is 20.3 Å². The molecule has 0 aromatic carbocycles. The van der Waals surface area contributed by atoms with Crippen LogP contribution in [-0.4, -0.2) is 81.7 Å². The highest BCUT2D eigenvalue weighted by Crippen LogP contribution is 2.33. The number of amides is 2. The average Bonchev–Trinajstić information content (AvgIpc) is 2.56. The minimum atomic E-state index is -2.55. The van der Waals surface area contributed by atoms with Crippen LogP contribution in [0.25, 0.3) is 0 Å². The molecule has 2 bridgehead atoms. The number of methoxy groups -OCH3 is 1. The van der Waals surface area contributed by atoms with Gasteiger partial charge in [-0.25, -0.2) is 4.79 Å². The number of aliphatic hydroxyl groups excluding tert-OH is 2. The first-order chi connectivity index (χ1) is 11.5. The molecule has 140 valence electrons. The molecule has 11 nitrogen and oxygen atoms in total. The van der Waals surface area contributed by atoms with Gasteiger partial charge in [0, 0.05) is 11.6 Å². The fourth-order valence-corrected chi connectivity index (χ4v) is 2.63. The Morgan fingerprint density at radius 2 is 2.08 bits per heavy atom. The maximum atomic E-state index is 12.5. The maximum absolute atomic E-state index is 12.5. The van der Waals surface area contributed by atoms with E-state index < -0.39 is 47.5 Å². The summed E-state index contributed by atoms with van der Waals surface area (Å²) in [6.45, 7) is -0.186. The van der Waals surface area contributed by atoms with Crippen LogP contribution in [0.5, 0.6) is 0 Å². The van der Waals surface area contributed by atoms with Crippen LogP contribution in [-0.2, 0) is 23.9 Å². The van der Waals surface area contributed by atoms with Gasteiger partial charge in [-0.05, 0) is 13.3 Å². The topological polar surface area (TPSA) is 175 Å². The second-order valence-corrected chi connectivity index (χ2v) is 6.06. The molecule has 11 heteroatoms. The summed E-state index contributed by atoms with van der Waals surface area (Å²) in [5.74, 6) is -3.20. The number of aliphatic hydroxyl groups is 4. The van der Waals surface area contributed by atoms with Crippen LogP contribution >= 0.6 is 0 Å². The molecule has 0 saturated carbocycles. The highest BCUT2D eigenvalue weighted by molar-refractivity contribution is 6.03. The Kier molecular flexibility index (Phi) is 4.90. The van der Waals surface area contributed by atoms with Gasteiger partial charge in [0.25, 0.3) is 17.5 Å². The van der Waals surface area contributed by atoms with Crippen molar-refractivity contribution in [3.8, 4) is 0 Å². The molecule has 0 aliphatic carbocycles. The fraction of sp³-hybridized carbons (Fsp3) is 0.643. The molecule has 0 radical (unpaired) electrons. The van der Waals surface area contributed by atoms with Gasteiger partial charge in [-0.1, -0.05) is 0 Å². The quantitative estimate of drug-likeness (QED) is 0.217. The van der Waals surface area contributed by atoms with Crippen molar-refractivity contribution in [2.24, 2.45) is 0 Å². The summed E-state index contributed by atoms with van der Waals surface area (Å²) in [6, 6.07) is 0. The lowest BCUT2D eigenvalue weighted by Crippen LogP contribution is -2.82. The molecule has 3 aliphatic heterocycles. The SMILES string of the molecule is COC(=O)C=C1CCO[C@]2([C@@H](O)[C@@](C)(O)CO)NC(=O)[C@@]1(O)NC2=O. The van der Waals surface area contributed by atoms with Crippen molar-refractivity contribution < 1.29 is 44.3 Å². The summed E-state index contributed by atoms with van der Waals surface area (Å²) in [6.07, 6.45) is -1.36. The van der Waals surface area contributed by atoms with Gasteiger partial charge in [0.2, 0.25) is 5.72 Å². The molecule has 6 N–H and O–H groups in total. The molecular formula is C14H20N2O9. The summed E-state index contributed by atoms with van der Waals surface area (Å²) >= 11 is 0. The predicted molar refractivity (Wildman–Crippen MR) is 78.4 cm³/mol. The van der Waals surface area contributed by atoms with Crippen molar-refractivity contribution in [3.05, 3.63) is 11.6 Å². The van der Waals surface area contributed by atoms with Crippen molar-refractivity contribution in [1.82, 2.24) is 10.6 Å². The van der Waals surface area contributed by atoms with E-state index in [0.29, 0.717) is 0 Å². The van der Waals surface area contributed by atoms with E-state index in [1.54, 1.807) is 0 Å². The van der Waals surface area contributed by atoms with Crippen LogP contribution in [0.15, 0.2) is 11.6 Å². The Labute approximate surface area is 142 Å². The molecular weight excluding hydrogens is 340 g/mol. The van der Waals surface area contributed by atoms with Gasteiger partial charge >= 0.3 is 5.97 Å². The minimum Gasteiger partial charge on any atom is -0.466 e. The fourth-order valence-electron chi connectivity index (χ4n) is 2.63. The summed E-state index contributed by atoms with van der Waals surface area (Å²) in [7, 11) is 1.10. The molecule has 0 aromatic rings. The maximum Gasteiger partial charge on any atom is 0.330 e. The summed E-state index contributed by atoms with van der Waals surface area (Å²) in [5, 5.41) is 44.2. The number of hydrogen-bond acceptors (Lipinski definition) is 9. The van der Waals surface area contributed by atoms with Gasteiger partial charge in [-0.3, -0.25) is 9.59 Å². The monoisotopic (exact) mass is 360 g/mol. The Hall–Kier alpha value is -2.05. The zero-order valence-corrected chi connectivity index (χ0v) is 13.6. The smallest absolute Gasteiger partial charge is 0.330 e. The molecule has 3 saturated heterocycles. The second kappa shape index (κ2) is 6.35. The Morgan fingerprint density at radius 1 is 1.44 bits per heavy atom. The molecule has 25 heavy (non-hydrogen) atoms. The van der Waals surface area contributed by atoms with E-state index in [1.807, 2.05) is 10.6 Å². The number of fused-ring (bicyclic) bond motifs is 5. The molecule has 3 fully saturated rings. The number of carbonyl (C=O) groups excluding carboxylic acids is 3. The first-order valence-corrected chi connectivity index (χ1v) is 7.35. The third-order valence-electron chi connectivity index (χ3n) is 4.21. The molecule has 3 aliphatic rings. The van der Waals surface area contributed by atoms with Gasteiger partial charge in [-0.15, -0.1) is 0 Å². The van der Waals surface area contributed by atoms with E-state index in [0.717, 1.165) is 20.1 Å². The van der Waals surface area contributed by atoms with Gasteiger partial charge < -0.3 is 40.5 Å². The zero-order valence-electron chi connectivity index (χ0n) is 13.6. The van der Waals surface area contributed by atoms with E-state index in [1.165, 1.54) is 0 Å². The molecule has 3 heterocycles. The molecule has 0 unspecified atom stereocenters. The highest BCUT2D eigenvalue weighted by Gasteiger charge is 2.63. The number of esters is 1. The Bertz CT molecular complexity index is 632. The van der Waals surface area contributed by atoms with Crippen molar-refractivity contribution >= 4 is 17.8 Å². The van der Waals surface area contributed by atoms with E-state index >= 15 is 0 Å². The van der Waals surface area contributed by atoms with Crippen LogP contribution in [0.1, 0.15) is 13.3 Å². The summed E-state index contributed by atoms with van der Waals surface area (Å²) < 4.78 is 9.75. The largest absolute Gasteiger partial charge is 0.466 e. The number of piperazine rings is 1. The van der Waals surface area contributed by atoms with Crippen LogP contribution in [0, 0.1) is 0 Å². The third kappa shape index (κ3) is 3.00. The third-order valence-corrected chi connectivity index (χ3v) is 4.21. The first kappa shape index (κ1) is 19.3.